The summed E-state index contributed by atoms with van der Waals surface area (Å²) in [6.07, 6.45) is 0.616. The predicted molar refractivity (Wildman–Crippen MR) is 169 cm³/mol. The second-order valence-corrected chi connectivity index (χ2v) is 12.6. The van der Waals surface area contributed by atoms with Crippen LogP contribution in [0.25, 0.3) is 11.3 Å². The van der Waals surface area contributed by atoms with E-state index < -0.39 is 65.8 Å². The molecule has 0 spiro atoms. The molecule has 48 heavy (non-hydrogen) atoms. The van der Waals surface area contributed by atoms with Crippen LogP contribution in [-0.2, 0) is 14.2 Å². The highest BCUT2D eigenvalue weighted by Gasteiger charge is 2.52. The third-order valence-electron chi connectivity index (χ3n) is 7.33. The highest BCUT2D eigenvalue weighted by Crippen LogP contribution is 2.42. The van der Waals surface area contributed by atoms with Gasteiger partial charge in [0, 0.05) is 27.3 Å². The molecule has 5 aromatic rings. The van der Waals surface area contributed by atoms with Crippen molar-refractivity contribution < 1.29 is 42.1 Å². The minimum absolute atomic E-state index is 0.0681. The molecule has 1 N–H and O–H groups in total. The first-order valence-electron chi connectivity index (χ1n) is 14.3. The maximum absolute atomic E-state index is 14.2. The lowest BCUT2D eigenvalue weighted by atomic mass is 9.96. The first-order chi connectivity index (χ1) is 23.2. The summed E-state index contributed by atoms with van der Waals surface area (Å²) >= 11 is 4.51. The van der Waals surface area contributed by atoms with Crippen LogP contribution in [0.4, 0.5) is 13.2 Å². The van der Waals surface area contributed by atoms with E-state index in [0.29, 0.717) is 9.37 Å². The van der Waals surface area contributed by atoms with Crippen LogP contribution in [0.15, 0.2) is 107 Å². The Morgan fingerprint density at radius 2 is 1.50 bits per heavy atom. The van der Waals surface area contributed by atoms with Gasteiger partial charge in [-0.15, -0.1) is 5.10 Å². The van der Waals surface area contributed by atoms with Crippen molar-refractivity contribution in [2.45, 2.75) is 34.7 Å². The Labute approximate surface area is 284 Å². The Morgan fingerprint density at radius 3 is 2.08 bits per heavy atom. The number of carbonyl (C=O) groups is 2. The van der Waals surface area contributed by atoms with Gasteiger partial charge in [0.25, 0.3) is 0 Å². The van der Waals surface area contributed by atoms with Crippen LogP contribution < -0.4 is 0 Å². The first-order valence-corrected chi connectivity index (χ1v) is 16.0. The summed E-state index contributed by atoms with van der Waals surface area (Å²) in [6, 6.07) is 18.3. The van der Waals surface area contributed by atoms with Crippen molar-refractivity contribution in [1.82, 2.24) is 20.0 Å². The molecule has 3 heterocycles. The number of halogens is 4. The molecule has 0 unspecified atom stereocenters. The van der Waals surface area contributed by atoms with Crippen molar-refractivity contribution in [3.05, 3.63) is 131 Å². The highest BCUT2D eigenvalue weighted by molar-refractivity contribution is 9.10. The summed E-state index contributed by atoms with van der Waals surface area (Å²) < 4.78 is 62.3. The van der Waals surface area contributed by atoms with Crippen molar-refractivity contribution in [2.24, 2.45) is 0 Å². The topological polar surface area (TPSA) is 126 Å². The van der Waals surface area contributed by atoms with Gasteiger partial charge in [-0.1, -0.05) is 53.4 Å². The lowest BCUT2D eigenvalue weighted by Crippen LogP contribution is -2.57. The Hall–Kier alpha value is -4.57. The minimum atomic E-state index is -1.65. The number of hydrogen-bond donors (Lipinski definition) is 1. The zero-order valence-electron chi connectivity index (χ0n) is 24.5. The predicted octanol–water partition coefficient (Wildman–Crippen LogP) is 6.02. The molecule has 0 saturated carbocycles. The standard InChI is InChI=1S/C33H24BrF3N4O6S/c34-21-13-22(15-38-14-21)48-33-30(47-32(44)19-9-5-2-6-10-19)28(29(26(17-42)45-33)46-31(43)18-7-3-1-4-8-18)41-16-25(39-40-41)20-11-23(35)27(37)24(36)12-20/h1-16,26,28-30,33,42H,17H2/t26-,28+,29+,30-,33-/m1/s1. The molecule has 5 atom stereocenters. The van der Waals surface area contributed by atoms with Gasteiger partial charge in [0.15, 0.2) is 29.7 Å². The molecule has 6 rings (SSSR count). The maximum atomic E-state index is 14.2. The summed E-state index contributed by atoms with van der Waals surface area (Å²) in [5.74, 6) is -6.04. The Bertz CT molecular complexity index is 1900. The summed E-state index contributed by atoms with van der Waals surface area (Å²) in [4.78, 5) is 31.7. The van der Waals surface area contributed by atoms with E-state index in [1.54, 1.807) is 67.0 Å². The molecule has 1 aliphatic heterocycles. The number of aliphatic hydroxyl groups is 1. The SMILES string of the molecule is O=C(O[C@@H]1[C@@H](n2cc(-c3cc(F)c(F)c(F)c3)nn2)[C@@H](OC(=O)c2ccccc2)[C@@H](CO)O[C@@H]1Sc1cncc(Br)c1)c1ccccc1. The number of benzene rings is 3. The highest BCUT2D eigenvalue weighted by atomic mass is 79.9. The monoisotopic (exact) mass is 740 g/mol. The molecular weight excluding hydrogens is 717 g/mol. The summed E-state index contributed by atoms with van der Waals surface area (Å²) in [6.45, 7) is -0.633. The number of aliphatic hydroxyl groups excluding tert-OH is 1. The molecule has 3 aromatic carbocycles. The second-order valence-electron chi connectivity index (χ2n) is 10.5. The summed E-state index contributed by atoms with van der Waals surface area (Å²) in [7, 11) is 0. The molecular formula is C33H24BrF3N4O6S. The van der Waals surface area contributed by atoms with Crippen molar-refractivity contribution in [1.29, 1.82) is 0 Å². The largest absolute Gasteiger partial charge is 0.453 e. The lowest BCUT2D eigenvalue weighted by molar-refractivity contribution is -0.181. The van der Waals surface area contributed by atoms with E-state index >= 15 is 0 Å². The molecule has 0 bridgehead atoms. The summed E-state index contributed by atoms with van der Waals surface area (Å²) in [5.41, 5.74) is -0.843. The second kappa shape index (κ2) is 14.7. The van der Waals surface area contributed by atoms with Gasteiger partial charge in [-0.2, -0.15) is 0 Å². The Kier molecular flexibility index (Phi) is 10.2. The molecule has 0 radical (unpaired) electrons. The van der Waals surface area contributed by atoms with E-state index in [9.17, 15) is 27.9 Å². The van der Waals surface area contributed by atoms with E-state index in [4.69, 9.17) is 14.2 Å². The number of aromatic nitrogens is 4. The number of pyridine rings is 1. The third kappa shape index (κ3) is 7.28. The average molecular weight is 742 g/mol. The molecule has 1 aliphatic rings. The van der Waals surface area contributed by atoms with Gasteiger partial charge in [-0.3, -0.25) is 4.98 Å². The van der Waals surface area contributed by atoms with E-state index in [0.717, 1.165) is 23.9 Å². The fourth-order valence-corrected chi connectivity index (χ4v) is 6.74. The fraction of sp³-hybridized carbons (Fsp3) is 0.182. The van der Waals surface area contributed by atoms with Gasteiger partial charge in [0.2, 0.25) is 0 Å². The van der Waals surface area contributed by atoms with Crippen LogP contribution in [-0.4, -0.2) is 67.4 Å². The quantitative estimate of drug-likeness (QED) is 0.142. The van der Waals surface area contributed by atoms with Crippen LogP contribution in [0.5, 0.6) is 0 Å². The zero-order valence-corrected chi connectivity index (χ0v) is 26.9. The van der Waals surface area contributed by atoms with Gasteiger partial charge in [-0.25, -0.2) is 27.4 Å². The van der Waals surface area contributed by atoms with Crippen LogP contribution in [0.1, 0.15) is 26.8 Å². The van der Waals surface area contributed by atoms with Crippen LogP contribution in [0, 0.1) is 17.5 Å². The van der Waals surface area contributed by atoms with Crippen LogP contribution in [0.3, 0.4) is 0 Å². The van der Waals surface area contributed by atoms with Gasteiger partial charge in [0.05, 0.1) is 23.9 Å². The van der Waals surface area contributed by atoms with E-state index in [1.165, 1.54) is 23.0 Å². The summed E-state index contributed by atoms with van der Waals surface area (Å²) in [5, 5.41) is 18.7. The lowest BCUT2D eigenvalue weighted by Gasteiger charge is -2.44. The Morgan fingerprint density at radius 1 is 0.896 bits per heavy atom. The number of rotatable bonds is 9. The van der Waals surface area contributed by atoms with Gasteiger partial charge in [-0.05, 0) is 58.4 Å². The van der Waals surface area contributed by atoms with Gasteiger partial charge >= 0.3 is 11.9 Å². The molecule has 15 heteroatoms. The van der Waals surface area contributed by atoms with Crippen LogP contribution >= 0.6 is 27.7 Å². The van der Waals surface area contributed by atoms with E-state index in [-0.39, 0.29) is 22.4 Å². The molecule has 10 nitrogen and oxygen atoms in total. The molecule has 1 fully saturated rings. The van der Waals surface area contributed by atoms with Crippen LogP contribution in [0.2, 0.25) is 0 Å². The van der Waals surface area contributed by atoms with Crippen molar-refractivity contribution >= 4 is 39.6 Å². The maximum Gasteiger partial charge on any atom is 0.338 e. The van der Waals surface area contributed by atoms with Crippen molar-refractivity contribution in [3.63, 3.8) is 0 Å². The number of ether oxygens (including phenoxy) is 3. The fourth-order valence-electron chi connectivity index (χ4n) is 5.09. The normalized spacial score (nSPS) is 20.6. The number of nitrogens with zero attached hydrogens (tertiary/aromatic N) is 4. The smallest absolute Gasteiger partial charge is 0.338 e. The van der Waals surface area contributed by atoms with E-state index in [1.807, 2.05) is 0 Å². The number of hydrogen-bond acceptors (Lipinski definition) is 10. The Balaban J connectivity index is 1.46. The molecule has 2 aromatic heterocycles. The first kappa shape index (κ1) is 33.3. The molecule has 0 aliphatic carbocycles. The van der Waals surface area contributed by atoms with E-state index in [2.05, 4.69) is 31.2 Å². The number of carbonyl (C=O) groups excluding carboxylic acids is 2. The zero-order chi connectivity index (χ0) is 33.8. The van der Waals surface area contributed by atoms with Gasteiger partial charge < -0.3 is 19.3 Å². The van der Waals surface area contributed by atoms with Crippen molar-refractivity contribution in [3.8, 4) is 11.3 Å². The minimum Gasteiger partial charge on any atom is -0.453 e. The number of thioether (sulfide) groups is 1. The van der Waals surface area contributed by atoms with Gasteiger partial charge in [0.1, 0.15) is 23.3 Å². The average Bonchev–Trinajstić information content (AvgIpc) is 3.58. The third-order valence-corrected chi connectivity index (χ3v) is 8.87. The molecule has 0 amide bonds. The van der Waals surface area contributed by atoms with Crippen molar-refractivity contribution in [2.75, 3.05) is 6.61 Å². The molecule has 1 saturated heterocycles. The molecule has 246 valence electrons. The number of esters is 2.